The lowest BCUT2D eigenvalue weighted by Gasteiger charge is -2.19. The van der Waals surface area contributed by atoms with Crippen molar-refractivity contribution in [3.8, 4) is 0 Å². The highest BCUT2D eigenvalue weighted by atomic mass is 16.6. The van der Waals surface area contributed by atoms with E-state index in [1.165, 1.54) is 49.1 Å². The Kier molecular flexibility index (Phi) is 4.36. The first-order chi connectivity index (χ1) is 11.1. The van der Waals surface area contributed by atoms with Crippen molar-refractivity contribution in [3.05, 3.63) is 51.8 Å². The summed E-state index contributed by atoms with van der Waals surface area (Å²) in [5, 5.41) is 26.5. The maximum absolute atomic E-state index is 12.2. The quantitative estimate of drug-likeness (QED) is 0.638. The number of carboxylic acids is 1. The van der Waals surface area contributed by atoms with Gasteiger partial charge in [0.2, 0.25) is 0 Å². The second kappa shape index (κ2) is 6.11. The Balaban J connectivity index is 2.24. The lowest BCUT2D eigenvalue weighted by atomic mass is 10.1. The number of aliphatic carboxylic acids is 1. The molecule has 0 atom stereocenters. The van der Waals surface area contributed by atoms with E-state index in [1.54, 1.807) is 6.92 Å². The monoisotopic (exact) mass is 332 g/mol. The average Bonchev–Trinajstić information content (AvgIpc) is 2.95. The predicted octanol–water partition coefficient (Wildman–Crippen LogP) is 2.17. The molecule has 9 nitrogen and oxygen atoms in total. The van der Waals surface area contributed by atoms with Gasteiger partial charge in [0.25, 0.3) is 11.6 Å². The van der Waals surface area contributed by atoms with Crippen LogP contribution in [0.15, 0.2) is 30.6 Å². The molecule has 0 bridgehead atoms. The van der Waals surface area contributed by atoms with Crippen LogP contribution in [0.5, 0.6) is 0 Å². The number of nitrogens with zero attached hydrogens (tertiary/aromatic N) is 3. The first kappa shape index (κ1) is 17.1. The van der Waals surface area contributed by atoms with Gasteiger partial charge in [-0.1, -0.05) is 0 Å². The Morgan fingerprint density at radius 2 is 2.00 bits per heavy atom. The molecule has 0 spiro atoms. The summed E-state index contributed by atoms with van der Waals surface area (Å²) in [5.41, 5.74) is -0.448. The number of rotatable bonds is 5. The standard InChI is InChI=1S/C15H16N4O5/c1-9-4-10(6-12(5-9)19(23)24)13(20)17-11-7-16-18(8-11)15(2,3)14(21)22/h4-8H,1-3H3,(H,17,20)(H,21,22). The molecule has 0 saturated carbocycles. The minimum atomic E-state index is -1.27. The second-order valence-electron chi connectivity index (χ2n) is 5.81. The highest BCUT2D eigenvalue weighted by molar-refractivity contribution is 6.04. The van der Waals surface area contributed by atoms with Gasteiger partial charge in [-0.2, -0.15) is 5.10 Å². The number of nitrogens with one attached hydrogen (secondary N) is 1. The van der Waals surface area contributed by atoms with Crippen LogP contribution in [0.2, 0.25) is 0 Å². The number of aryl methyl sites for hydroxylation is 1. The molecule has 0 radical (unpaired) electrons. The molecular weight excluding hydrogens is 316 g/mol. The molecule has 9 heteroatoms. The summed E-state index contributed by atoms with van der Waals surface area (Å²) in [6.07, 6.45) is 2.70. The van der Waals surface area contributed by atoms with Gasteiger partial charge >= 0.3 is 5.97 Å². The van der Waals surface area contributed by atoms with E-state index in [2.05, 4.69) is 10.4 Å². The maximum Gasteiger partial charge on any atom is 0.331 e. The maximum atomic E-state index is 12.2. The summed E-state index contributed by atoms with van der Waals surface area (Å²) in [6.45, 7) is 4.59. The Morgan fingerprint density at radius 1 is 1.33 bits per heavy atom. The molecule has 0 saturated heterocycles. The van der Waals surface area contributed by atoms with Crippen LogP contribution in [0.1, 0.15) is 29.8 Å². The van der Waals surface area contributed by atoms with E-state index in [9.17, 15) is 19.7 Å². The molecule has 0 aliphatic rings. The van der Waals surface area contributed by atoms with Gasteiger partial charge in [-0.15, -0.1) is 0 Å². The first-order valence-electron chi connectivity index (χ1n) is 6.97. The molecule has 2 aromatic rings. The SMILES string of the molecule is Cc1cc(C(=O)Nc2cnn(C(C)(C)C(=O)O)c2)cc([N+](=O)[O-])c1. The van der Waals surface area contributed by atoms with Gasteiger partial charge in [-0.05, 0) is 32.4 Å². The molecule has 1 amide bonds. The molecule has 126 valence electrons. The Labute approximate surface area is 137 Å². The number of anilines is 1. The molecule has 0 unspecified atom stereocenters. The summed E-state index contributed by atoms with van der Waals surface area (Å²) in [7, 11) is 0. The molecule has 1 aromatic carbocycles. The first-order valence-corrected chi connectivity index (χ1v) is 6.97. The number of benzene rings is 1. The zero-order valence-electron chi connectivity index (χ0n) is 13.3. The summed E-state index contributed by atoms with van der Waals surface area (Å²) in [5.74, 6) is -1.62. The number of non-ortho nitro benzene ring substituents is 1. The van der Waals surface area contributed by atoms with E-state index in [4.69, 9.17) is 5.11 Å². The molecule has 0 aliphatic heterocycles. The van der Waals surface area contributed by atoms with Gasteiger partial charge in [-0.25, -0.2) is 4.79 Å². The molecule has 0 aliphatic carbocycles. The Morgan fingerprint density at radius 3 is 2.58 bits per heavy atom. The Hall–Kier alpha value is -3.23. The van der Waals surface area contributed by atoms with Gasteiger partial charge in [0.1, 0.15) is 0 Å². The molecule has 0 fully saturated rings. The number of amides is 1. The van der Waals surface area contributed by atoms with E-state index in [-0.39, 0.29) is 11.3 Å². The smallest absolute Gasteiger partial charge is 0.331 e. The molecule has 1 aromatic heterocycles. The number of hydrogen-bond donors (Lipinski definition) is 2. The van der Waals surface area contributed by atoms with Crippen molar-refractivity contribution < 1.29 is 19.6 Å². The van der Waals surface area contributed by atoms with Crippen LogP contribution in [-0.4, -0.2) is 31.7 Å². The second-order valence-corrected chi connectivity index (χ2v) is 5.81. The van der Waals surface area contributed by atoms with E-state index in [0.29, 0.717) is 11.3 Å². The van der Waals surface area contributed by atoms with Crippen LogP contribution in [0.25, 0.3) is 0 Å². The highest BCUT2D eigenvalue weighted by Gasteiger charge is 2.30. The fourth-order valence-corrected chi connectivity index (χ4v) is 1.99. The van der Waals surface area contributed by atoms with Crippen molar-refractivity contribution in [2.75, 3.05) is 5.32 Å². The van der Waals surface area contributed by atoms with Crippen LogP contribution in [0.4, 0.5) is 11.4 Å². The third-order valence-corrected chi connectivity index (χ3v) is 3.47. The largest absolute Gasteiger partial charge is 0.479 e. The van der Waals surface area contributed by atoms with E-state index < -0.39 is 22.3 Å². The van der Waals surface area contributed by atoms with Crippen LogP contribution in [0.3, 0.4) is 0 Å². The third kappa shape index (κ3) is 3.40. The number of carbonyl (C=O) groups excluding carboxylic acids is 1. The van der Waals surface area contributed by atoms with Crippen LogP contribution < -0.4 is 5.32 Å². The van der Waals surface area contributed by atoms with Crippen molar-refractivity contribution in [3.63, 3.8) is 0 Å². The lowest BCUT2D eigenvalue weighted by molar-refractivity contribution is -0.384. The van der Waals surface area contributed by atoms with Gasteiger partial charge in [0.05, 0.1) is 16.8 Å². The number of hydrogen-bond acceptors (Lipinski definition) is 5. The van der Waals surface area contributed by atoms with Crippen molar-refractivity contribution in [1.82, 2.24) is 9.78 Å². The van der Waals surface area contributed by atoms with Crippen molar-refractivity contribution in [1.29, 1.82) is 0 Å². The summed E-state index contributed by atoms with van der Waals surface area (Å²) >= 11 is 0. The normalized spacial score (nSPS) is 11.1. The minimum absolute atomic E-state index is 0.131. The van der Waals surface area contributed by atoms with E-state index >= 15 is 0 Å². The fraction of sp³-hybridized carbons (Fsp3) is 0.267. The van der Waals surface area contributed by atoms with E-state index in [0.717, 1.165) is 0 Å². The zero-order valence-corrected chi connectivity index (χ0v) is 13.3. The molecule has 2 rings (SSSR count). The number of carboxylic acid groups (broad SMARTS) is 1. The van der Waals surface area contributed by atoms with E-state index in [1.807, 2.05) is 0 Å². The summed E-state index contributed by atoms with van der Waals surface area (Å²) in [6, 6.07) is 4.06. The van der Waals surface area contributed by atoms with Gasteiger partial charge in [-0.3, -0.25) is 19.6 Å². The Bertz CT molecular complexity index is 825. The van der Waals surface area contributed by atoms with Crippen LogP contribution in [0, 0.1) is 17.0 Å². The zero-order chi connectivity index (χ0) is 18.1. The number of aromatic nitrogens is 2. The topological polar surface area (TPSA) is 127 Å². The molecule has 2 N–H and O–H groups in total. The van der Waals surface area contributed by atoms with Crippen molar-refractivity contribution >= 4 is 23.3 Å². The average molecular weight is 332 g/mol. The van der Waals surface area contributed by atoms with Crippen molar-refractivity contribution in [2.24, 2.45) is 0 Å². The number of carbonyl (C=O) groups is 2. The number of nitro groups is 1. The highest BCUT2D eigenvalue weighted by Crippen LogP contribution is 2.20. The molecule has 24 heavy (non-hydrogen) atoms. The summed E-state index contributed by atoms with van der Waals surface area (Å²) in [4.78, 5) is 33.7. The lowest BCUT2D eigenvalue weighted by Crippen LogP contribution is -2.35. The van der Waals surface area contributed by atoms with Crippen LogP contribution in [-0.2, 0) is 10.3 Å². The minimum Gasteiger partial charge on any atom is -0.479 e. The van der Waals surface area contributed by atoms with Crippen LogP contribution >= 0.6 is 0 Å². The predicted molar refractivity (Wildman–Crippen MR) is 85.0 cm³/mol. The van der Waals surface area contributed by atoms with Crippen molar-refractivity contribution in [2.45, 2.75) is 26.3 Å². The van der Waals surface area contributed by atoms with Gasteiger partial charge in [0, 0.05) is 23.9 Å². The molecule has 1 heterocycles. The fourth-order valence-electron chi connectivity index (χ4n) is 1.99. The third-order valence-electron chi connectivity index (χ3n) is 3.47. The summed E-state index contributed by atoms with van der Waals surface area (Å²) < 4.78 is 1.21. The number of nitro benzene ring substituents is 1. The van der Waals surface area contributed by atoms with Gasteiger partial charge in [0.15, 0.2) is 5.54 Å². The molecular formula is C15H16N4O5. The van der Waals surface area contributed by atoms with Gasteiger partial charge < -0.3 is 10.4 Å².